The molecule has 0 amide bonds. The molecule has 138 valence electrons. The Morgan fingerprint density at radius 1 is 1.27 bits per heavy atom. The van der Waals surface area contributed by atoms with Crippen LogP contribution in [0, 0.1) is 6.92 Å². The average molecular weight is 383 g/mol. The van der Waals surface area contributed by atoms with Crippen LogP contribution in [-0.4, -0.2) is 41.1 Å². The van der Waals surface area contributed by atoms with E-state index in [0.717, 1.165) is 10.9 Å². The third kappa shape index (κ3) is 3.75. The summed E-state index contributed by atoms with van der Waals surface area (Å²) in [6.45, 7) is 3.67. The van der Waals surface area contributed by atoms with E-state index in [1.54, 1.807) is 38.6 Å². The van der Waals surface area contributed by atoms with Gasteiger partial charge in [0.05, 0.1) is 11.2 Å². The molecule has 2 aromatic heterocycles. The highest BCUT2D eigenvalue weighted by molar-refractivity contribution is 7.70. The molecule has 0 aliphatic rings. The lowest BCUT2D eigenvalue weighted by Crippen LogP contribution is -2.20. The number of nitrogens with one attached hydrogen (secondary N) is 1. The molecule has 0 unspecified atom stereocenters. The van der Waals surface area contributed by atoms with E-state index < -0.39 is 19.9 Å². The van der Waals surface area contributed by atoms with Crippen molar-refractivity contribution < 1.29 is 22.5 Å². The van der Waals surface area contributed by atoms with Crippen LogP contribution in [0.2, 0.25) is 0 Å². The number of hydrogen-bond acceptors (Lipinski definition) is 4. The molecule has 0 aliphatic carbocycles. The molecular formula is C17H17F3N3O2P. The van der Waals surface area contributed by atoms with Gasteiger partial charge in [-0.3, -0.25) is 0 Å². The second kappa shape index (κ2) is 6.43. The predicted molar refractivity (Wildman–Crippen MR) is 94.7 cm³/mol. The summed E-state index contributed by atoms with van der Waals surface area (Å²) in [5, 5.41) is 1.50. The Morgan fingerprint density at radius 2 is 2.00 bits per heavy atom. The number of aromatic amines is 1. The first-order valence-corrected chi connectivity index (χ1v) is 10.4. The number of fused-ring (bicyclic) bond motifs is 1. The molecule has 0 aliphatic heterocycles. The lowest BCUT2D eigenvalue weighted by molar-refractivity contribution is -0.154. The predicted octanol–water partition coefficient (Wildman–Crippen LogP) is 4.12. The third-order valence-corrected chi connectivity index (χ3v) is 5.38. The number of hydrogen-bond donors (Lipinski definition) is 1. The Morgan fingerprint density at radius 3 is 2.65 bits per heavy atom. The first-order chi connectivity index (χ1) is 12.1. The van der Waals surface area contributed by atoms with Crippen LogP contribution in [0.1, 0.15) is 5.56 Å². The minimum atomic E-state index is -4.46. The van der Waals surface area contributed by atoms with E-state index in [1.807, 2.05) is 6.07 Å². The summed E-state index contributed by atoms with van der Waals surface area (Å²) in [6, 6.07) is 5.10. The molecule has 0 radical (unpaired) electrons. The molecule has 0 saturated heterocycles. The summed E-state index contributed by atoms with van der Waals surface area (Å²) in [6.07, 6.45) is -1.35. The zero-order valence-electron chi connectivity index (χ0n) is 14.4. The van der Waals surface area contributed by atoms with Crippen LogP contribution < -0.4 is 10.0 Å². The molecular weight excluding hydrogens is 366 g/mol. The topological polar surface area (TPSA) is 67.9 Å². The maximum atomic E-state index is 12.5. The average Bonchev–Trinajstić information content (AvgIpc) is 2.96. The van der Waals surface area contributed by atoms with E-state index >= 15 is 0 Å². The second-order valence-electron chi connectivity index (χ2n) is 6.34. The summed E-state index contributed by atoms with van der Waals surface area (Å²) in [5.41, 5.74) is 2.56. The van der Waals surface area contributed by atoms with Gasteiger partial charge >= 0.3 is 12.2 Å². The summed E-state index contributed by atoms with van der Waals surface area (Å²) in [7, 11) is -2.51. The Kier molecular flexibility index (Phi) is 4.56. The van der Waals surface area contributed by atoms with Crippen molar-refractivity contribution in [3.05, 3.63) is 36.2 Å². The summed E-state index contributed by atoms with van der Waals surface area (Å²) < 4.78 is 54.2. The maximum absolute atomic E-state index is 12.5. The summed E-state index contributed by atoms with van der Waals surface area (Å²) in [5.74, 6) is 0. The van der Waals surface area contributed by atoms with Crippen molar-refractivity contribution in [3.63, 3.8) is 0 Å². The van der Waals surface area contributed by atoms with Crippen molar-refractivity contribution in [2.75, 3.05) is 19.9 Å². The van der Waals surface area contributed by atoms with E-state index in [1.165, 1.54) is 6.20 Å². The van der Waals surface area contributed by atoms with Gasteiger partial charge in [-0.2, -0.15) is 18.2 Å². The van der Waals surface area contributed by atoms with E-state index in [9.17, 15) is 17.7 Å². The Hall–Kier alpha value is -2.34. The number of alkyl halides is 3. The lowest BCUT2D eigenvalue weighted by atomic mass is 10.1. The molecule has 9 heteroatoms. The fourth-order valence-corrected chi connectivity index (χ4v) is 3.87. The molecule has 0 atom stereocenters. The second-order valence-corrected chi connectivity index (χ2v) is 9.52. The van der Waals surface area contributed by atoms with Gasteiger partial charge in [0.1, 0.15) is 7.14 Å². The minimum absolute atomic E-state index is 0.343. The number of rotatable bonds is 4. The van der Waals surface area contributed by atoms with Gasteiger partial charge in [0, 0.05) is 28.6 Å². The van der Waals surface area contributed by atoms with Crippen molar-refractivity contribution in [1.82, 2.24) is 15.0 Å². The fraction of sp³-hybridized carbons (Fsp3) is 0.294. The number of para-hydroxylation sites is 1. The Balaban J connectivity index is 2.08. The highest BCUT2D eigenvalue weighted by Crippen LogP contribution is 2.39. The number of aryl methyl sites for hydroxylation is 1. The van der Waals surface area contributed by atoms with Crippen LogP contribution in [0.5, 0.6) is 6.01 Å². The molecule has 26 heavy (non-hydrogen) atoms. The highest BCUT2D eigenvalue weighted by Gasteiger charge is 2.29. The molecule has 3 aromatic rings. The van der Waals surface area contributed by atoms with Crippen molar-refractivity contribution in [2.45, 2.75) is 13.1 Å². The molecule has 0 spiro atoms. The lowest BCUT2D eigenvalue weighted by Gasteiger charge is -2.10. The van der Waals surface area contributed by atoms with Gasteiger partial charge in [-0.05, 0) is 31.9 Å². The molecule has 1 N–H and O–H groups in total. The van der Waals surface area contributed by atoms with Crippen molar-refractivity contribution in [3.8, 4) is 17.3 Å². The monoisotopic (exact) mass is 383 g/mol. The van der Waals surface area contributed by atoms with Gasteiger partial charge in [-0.1, -0.05) is 12.1 Å². The molecule has 0 fully saturated rings. The number of halogens is 3. The van der Waals surface area contributed by atoms with Gasteiger partial charge in [-0.15, -0.1) is 0 Å². The first kappa shape index (κ1) is 18.5. The Labute approximate surface area is 148 Å². The van der Waals surface area contributed by atoms with E-state index in [-0.39, 0.29) is 6.01 Å². The summed E-state index contributed by atoms with van der Waals surface area (Å²) in [4.78, 5) is 11.0. The van der Waals surface area contributed by atoms with Gasteiger partial charge in [0.2, 0.25) is 0 Å². The van der Waals surface area contributed by atoms with Gasteiger partial charge in [0.15, 0.2) is 6.61 Å². The van der Waals surface area contributed by atoms with E-state index in [0.29, 0.717) is 22.1 Å². The molecule has 1 aromatic carbocycles. The molecule has 3 rings (SSSR count). The maximum Gasteiger partial charge on any atom is 0.422 e. The number of nitrogens with zero attached hydrogens (tertiary/aromatic N) is 2. The number of benzene rings is 1. The fourth-order valence-electron chi connectivity index (χ4n) is 2.70. The SMILES string of the molecule is Cc1cnc(OCC(F)(F)F)nc1-c1c[nH]c2c(P(C)(C)=O)cccc12. The smallest absolute Gasteiger partial charge is 0.422 e. The minimum Gasteiger partial charge on any atom is -0.454 e. The standard InChI is InChI=1S/C17H17F3N3O2P/c1-10-7-22-16(25-9-17(18,19)20)23-14(10)12-8-21-15-11(12)5-4-6-13(15)26(2,3)24/h4-8,21H,9H2,1-3H3. The van der Waals surface area contributed by atoms with Crippen LogP contribution in [0.4, 0.5) is 13.2 Å². The Bertz CT molecular complexity index is 1010. The third-order valence-electron chi connectivity index (χ3n) is 3.84. The van der Waals surface area contributed by atoms with Gasteiger partial charge < -0.3 is 14.3 Å². The largest absolute Gasteiger partial charge is 0.454 e. The van der Waals surface area contributed by atoms with Crippen LogP contribution in [-0.2, 0) is 4.57 Å². The normalized spacial score (nSPS) is 12.5. The number of ether oxygens (including phenoxy) is 1. The van der Waals surface area contributed by atoms with Crippen molar-refractivity contribution in [1.29, 1.82) is 0 Å². The number of H-pyrrole nitrogens is 1. The van der Waals surface area contributed by atoms with Crippen LogP contribution in [0.3, 0.4) is 0 Å². The van der Waals surface area contributed by atoms with Gasteiger partial charge in [0.25, 0.3) is 0 Å². The zero-order chi connectivity index (χ0) is 19.1. The zero-order valence-corrected chi connectivity index (χ0v) is 15.3. The van der Waals surface area contributed by atoms with Crippen LogP contribution in [0.15, 0.2) is 30.6 Å². The molecule has 0 saturated carbocycles. The first-order valence-electron chi connectivity index (χ1n) is 7.75. The van der Waals surface area contributed by atoms with Crippen molar-refractivity contribution in [2.24, 2.45) is 0 Å². The van der Waals surface area contributed by atoms with Crippen LogP contribution in [0.25, 0.3) is 22.2 Å². The number of aromatic nitrogens is 3. The quantitative estimate of drug-likeness (QED) is 0.688. The van der Waals surface area contributed by atoms with Gasteiger partial charge in [-0.25, -0.2) is 4.98 Å². The van der Waals surface area contributed by atoms with E-state index in [2.05, 4.69) is 19.7 Å². The van der Waals surface area contributed by atoms with Crippen LogP contribution >= 0.6 is 7.14 Å². The molecule has 2 heterocycles. The summed E-state index contributed by atoms with van der Waals surface area (Å²) >= 11 is 0. The molecule has 5 nitrogen and oxygen atoms in total. The van der Waals surface area contributed by atoms with Crippen molar-refractivity contribution >= 4 is 23.3 Å². The van der Waals surface area contributed by atoms with E-state index in [4.69, 9.17) is 0 Å². The molecule has 0 bridgehead atoms. The highest BCUT2D eigenvalue weighted by atomic mass is 31.2.